The molecule has 0 aromatic rings. The highest BCUT2D eigenvalue weighted by Gasteiger charge is 2.32. The maximum absolute atomic E-state index is 11.5. The Balaban J connectivity index is 1.74. The standard InChI is InChI=1S/C14H28N2O3S/c1-12-10-20(18,19)9-8-16(12)7-3-6-14(2,11-17)15-13-4-5-13/h12-13,15,17H,3-11H2,1-2H3. The summed E-state index contributed by atoms with van der Waals surface area (Å²) in [6, 6.07) is 0.705. The van der Waals surface area contributed by atoms with Gasteiger partial charge in [-0.1, -0.05) is 0 Å². The van der Waals surface area contributed by atoms with Crippen molar-refractivity contribution in [3.8, 4) is 0 Å². The van der Waals surface area contributed by atoms with E-state index in [1.165, 1.54) is 12.8 Å². The van der Waals surface area contributed by atoms with Gasteiger partial charge in [-0.3, -0.25) is 4.90 Å². The van der Waals surface area contributed by atoms with Crippen LogP contribution in [0.2, 0.25) is 0 Å². The molecule has 1 aliphatic carbocycles. The Kier molecular flexibility index (Phi) is 5.10. The number of aliphatic hydroxyl groups is 1. The van der Waals surface area contributed by atoms with Gasteiger partial charge in [0.05, 0.1) is 18.1 Å². The van der Waals surface area contributed by atoms with Gasteiger partial charge in [0.25, 0.3) is 0 Å². The molecule has 1 heterocycles. The lowest BCUT2D eigenvalue weighted by Crippen LogP contribution is -2.49. The van der Waals surface area contributed by atoms with Crippen molar-refractivity contribution in [3.63, 3.8) is 0 Å². The molecule has 2 unspecified atom stereocenters. The SMILES string of the molecule is CC1CS(=O)(=O)CCN1CCCC(C)(CO)NC1CC1. The van der Waals surface area contributed by atoms with Gasteiger partial charge in [-0.2, -0.15) is 0 Å². The van der Waals surface area contributed by atoms with Gasteiger partial charge in [0.2, 0.25) is 0 Å². The Bertz CT molecular complexity index is 422. The lowest BCUT2D eigenvalue weighted by molar-refractivity contribution is 0.150. The van der Waals surface area contributed by atoms with Gasteiger partial charge in [-0.15, -0.1) is 0 Å². The maximum Gasteiger partial charge on any atom is 0.153 e. The van der Waals surface area contributed by atoms with Crippen molar-refractivity contribution in [2.24, 2.45) is 0 Å². The van der Waals surface area contributed by atoms with Gasteiger partial charge in [-0.05, 0) is 46.1 Å². The monoisotopic (exact) mass is 304 g/mol. The summed E-state index contributed by atoms with van der Waals surface area (Å²) in [5.41, 5.74) is -0.188. The minimum atomic E-state index is -2.82. The molecule has 0 radical (unpaired) electrons. The van der Waals surface area contributed by atoms with Crippen molar-refractivity contribution in [1.29, 1.82) is 0 Å². The smallest absolute Gasteiger partial charge is 0.153 e. The van der Waals surface area contributed by atoms with Crippen LogP contribution in [0.1, 0.15) is 39.5 Å². The van der Waals surface area contributed by atoms with E-state index in [9.17, 15) is 13.5 Å². The van der Waals surface area contributed by atoms with Crippen molar-refractivity contribution in [1.82, 2.24) is 10.2 Å². The van der Waals surface area contributed by atoms with E-state index in [4.69, 9.17) is 0 Å². The molecule has 2 fully saturated rings. The largest absolute Gasteiger partial charge is 0.394 e. The Hall–Kier alpha value is -0.170. The molecule has 2 aliphatic rings. The zero-order valence-corrected chi connectivity index (χ0v) is 13.5. The van der Waals surface area contributed by atoms with Gasteiger partial charge in [0.15, 0.2) is 9.84 Å². The first-order valence-electron chi connectivity index (χ1n) is 7.67. The van der Waals surface area contributed by atoms with Crippen molar-refractivity contribution in [3.05, 3.63) is 0 Å². The first kappa shape index (κ1) is 16.2. The van der Waals surface area contributed by atoms with Crippen LogP contribution in [0.5, 0.6) is 0 Å². The van der Waals surface area contributed by atoms with Crippen LogP contribution in [-0.4, -0.2) is 67.2 Å². The van der Waals surface area contributed by atoms with Crippen molar-refractivity contribution in [2.75, 3.05) is 31.2 Å². The first-order valence-corrected chi connectivity index (χ1v) is 9.49. The molecule has 1 saturated carbocycles. The van der Waals surface area contributed by atoms with E-state index in [1.807, 2.05) is 6.92 Å². The first-order chi connectivity index (χ1) is 9.34. The summed E-state index contributed by atoms with van der Waals surface area (Å²) >= 11 is 0. The third-order valence-corrected chi connectivity index (χ3v) is 6.26. The predicted octanol–water partition coefficient (Wildman–Crippen LogP) is 0.389. The molecule has 118 valence electrons. The average Bonchev–Trinajstić information content (AvgIpc) is 3.15. The Morgan fingerprint density at radius 2 is 2.10 bits per heavy atom. The van der Waals surface area contributed by atoms with Crippen LogP contribution < -0.4 is 5.32 Å². The predicted molar refractivity (Wildman–Crippen MR) is 80.6 cm³/mol. The van der Waals surface area contributed by atoms with E-state index in [1.54, 1.807) is 0 Å². The molecule has 0 spiro atoms. The van der Waals surface area contributed by atoms with Gasteiger partial charge < -0.3 is 10.4 Å². The Morgan fingerprint density at radius 3 is 2.65 bits per heavy atom. The quantitative estimate of drug-likeness (QED) is 0.712. The number of nitrogens with one attached hydrogen (secondary N) is 1. The molecule has 5 nitrogen and oxygen atoms in total. The summed E-state index contributed by atoms with van der Waals surface area (Å²) in [5, 5.41) is 13.1. The van der Waals surface area contributed by atoms with Crippen LogP contribution >= 0.6 is 0 Å². The highest BCUT2D eigenvalue weighted by Crippen LogP contribution is 2.25. The number of hydrogen-bond acceptors (Lipinski definition) is 5. The van der Waals surface area contributed by atoms with Gasteiger partial charge in [-0.25, -0.2) is 8.42 Å². The molecular weight excluding hydrogens is 276 g/mol. The molecule has 1 saturated heterocycles. The summed E-state index contributed by atoms with van der Waals surface area (Å²) in [6.07, 6.45) is 4.35. The fourth-order valence-corrected chi connectivity index (χ4v) is 4.58. The second-order valence-corrected chi connectivity index (χ2v) is 8.97. The van der Waals surface area contributed by atoms with E-state index in [-0.39, 0.29) is 29.7 Å². The van der Waals surface area contributed by atoms with Crippen molar-refractivity contribution in [2.45, 2.75) is 57.2 Å². The number of sulfone groups is 1. The lowest BCUT2D eigenvalue weighted by Gasteiger charge is -2.35. The summed E-state index contributed by atoms with van der Waals surface area (Å²) in [7, 11) is -2.82. The minimum absolute atomic E-state index is 0.116. The molecule has 20 heavy (non-hydrogen) atoms. The highest BCUT2D eigenvalue weighted by atomic mass is 32.2. The lowest BCUT2D eigenvalue weighted by atomic mass is 9.96. The third kappa shape index (κ3) is 4.69. The average molecular weight is 304 g/mol. The van der Waals surface area contributed by atoms with Gasteiger partial charge in [0.1, 0.15) is 0 Å². The van der Waals surface area contributed by atoms with Gasteiger partial charge >= 0.3 is 0 Å². The van der Waals surface area contributed by atoms with E-state index in [2.05, 4.69) is 17.1 Å². The fourth-order valence-electron chi connectivity index (χ4n) is 2.95. The second-order valence-electron chi connectivity index (χ2n) is 6.74. The molecule has 6 heteroatoms. The van der Waals surface area contributed by atoms with E-state index in [0.29, 0.717) is 12.6 Å². The van der Waals surface area contributed by atoms with Crippen LogP contribution in [0, 0.1) is 0 Å². The maximum atomic E-state index is 11.5. The Morgan fingerprint density at radius 1 is 1.40 bits per heavy atom. The Labute approximate surface area is 122 Å². The van der Waals surface area contributed by atoms with Crippen LogP contribution in [0.15, 0.2) is 0 Å². The van der Waals surface area contributed by atoms with Crippen molar-refractivity contribution >= 4 is 9.84 Å². The van der Waals surface area contributed by atoms with E-state index >= 15 is 0 Å². The summed E-state index contributed by atoms with van der Waals surface area (Å²) in [4.78, 5) is 2.26. The number of rotatable bonds is 7. The molecular formula is C14H28N2O3S. The van der Waals surface area contributed by atoms with Crippen LogP contribution in [0.25, 0.3) is 0 Å². The molecule has 0 amide bonds. The minimum Gasteiger partial charge on any atom is -0.394 e. The normalized spacial score (nSPS) is 30.1. The van der Waals surface area contributed by atoms with Gasteiger partial charge in [0, 0.05) is 24.2 Å². The van der Waals surface area contributed by atoms with E-state index < -0.39 is 9.84 Å². The molecule has 1 aliphatic heterocycles. The van der Waals surface area contributed by atoms with E-state index in [0.717, 1.165) is 19.4 Å². The zero-order valence-electron chi connectivity index (χ0n) is 12.6. The fraction of sp³-hybridized carbons (Fsp3) is 1.00. The molecule has 2 N–H and O–H groups in total. The summed E-state index contributed by atoms with van der Waals surface area (Å²) in [5.74, 6) is 0.569. The molecule has 2 rings (SSSR count). The number of aliphatic hydroxyl groups excluding tert-OH is 1. The zero-order chi connectivity index (χ0) is 14.8. The topological polar surface area (TPSA) is 69.6 Å². The highest BCUT2D eigenvalue weighted by molar-refractivity contribution is 7.91. The van der Waals surface area contributed by atoms with Crippen LogP contribution in [0.3, 0.4) is 0 Å². The molecule has 2 atom stereocenters. The summed E-state index contributed by atoms with van der Waals surface area (Å²) < 4.78 is 23.1. The molecule has 0 bridgehead atoms. The van der Waals surface area contributed by atoms with Crippen LogP contribution in [0.4, 0.5) is 0 Å². The molecule has 0 aromatic carbocycles. The number of nitrogens with zero attached hydrogens (tertiary/aromatic N) is 1. The molecule has 0 aromatic heterocycles. The summed E-state index contributed by atoms with van der Waals surface area (Å²) in [6.45, 7) is 5.79. The number of hydrogen-bond donors (Lipinski definition) is 2. The van der Waals surface area contributed by atoms with Crippen molar-refractivity contribution < 1.29 is 13.5 Å². The third-order valence-electron chi connectivity index (χ3n) is 4.46. The second kappa shape index (κ2) is 6.30. The van der Waals surface area contributed by atoms with Crippen LogP contribution in [-0.2, 0) is 9.84 Å².